The van der Waals surface area contributed by atoms with Gasteiger partial charge in [0, 0.05) is 31.4 Å². The van der Waals surface area contributed by atoms with E-state index >= 15 is 0 Å². The van der Waals surface area contributed by atoms with Crippen molar-refractivity contribution in [2.75, 3.05) is 13.1 Å². The number of carbonyl (C=O) groups is 2. The van der Waals surface area contributed by atoms with Crippen LogP contribution in [0.2, 0.25) is 0 Å². The molecule has 22 heavy (non-hydrogen) atoms. The highest BCUT2D eigenvalue weighted by Crippen LogP contribution is 2.30. The van der Waals surface area contributed by atoms with Crippen molar-refractivity contribution < 1.29 is 9.59 Å². The molecule has 2 aliphatic rings. The van der Waals surface area contributed by atoms with Crippen LogP contribution < -0.4 is 10.6 Å². The summed E-state index contributed by atoms with van der Waals surface area (Å²) in [6, 6.07) is -0.383. The molecule has 3 rings (SSSR count). The predicted octanol–water partition coefficient (Wildman–Crippen LogP) is 0.713. The smallest absolute Gasteiger partial charge is 0.322 e. The van der Waals surface area contributed by atoms with Gasteiger partial charge in [-0.2, -0.15) is 0 Å². The Morgan fingerprint density at radius 3 is 2.95 bits per heavy atom. The summed E-state index contributed by atoms with van der Waals surface area (Å²) in [6.07, 6.45) is 5.79. The monoisotopic (exact) mass is 305 g/mol. The molecule has 0 spiro atoms. The van der Waals surface area contributed by atoms with Crippen LogP contribution >= 0.6 is 0 Å². The Bertz CT molecular complexity index is 584. The van der Waals surface area contributed by atoms with E-state index in [1.54, 1.807) is 0 Å². The maximum atomic E-state index is 12.1. The second-order valence-electron chi connectivity index (χ2n) is 6.31. The van der Waals surface area contributed by atoms with Crippen LogP contribution in [-0.2, 0) is 17.9 Å². The third kappa shape index (κ3) is 2.61. The summed E-state index contributed by atoms with van der Waals surface area (Å²) in [5.41, 5.74) is -0.796. The van der Waals surface area contributed by atoms with Crippen molar-refractivity contribution in [3.8, 4) is 0 Å². The fraction of sp³-hybridized carbons (Fsp3) is 0.667. The number of piperidine rings is 1. The second-order valence-corrected chi connectivity index (χ2v) is 6.31. The maximum Gasteiger partial charge on any atom is 0.322 e. The first kappa shape index (κ1) is 15.0. The Kier molecular flexibility index (Phi) is 3.90. The lowest BCUT2D eigenvalue weighted by Crippen LogP contribution is -2.55. The van der Waals surface area contributed by atoms with Crippen molar-refractivity contribution >= 4 is 11.9 Å². The summed E-state index contributed by atoms with van der Waals surface area (Å²) >= 11 is 0. The van der Waals surface area contributed by atoms with Crippen molar-refractivity contribution in [1.29, 1.82) is 0 Å². The molecular formula is C15H23N5O2. The van der Waals surface area contributed by atoms with Gasteiger partial charge in [0.25, 0.3) is 5.91 Å². The lowest BCUT2D eigenvalue weighted by atomic mass is 9.80. The molecule has 7 nitrogen and oxygen atoms in total. The number of nitrogens with one attached hydrogen (secondary N) is 2. The highest BCUT2D eigenvalue weighted by atomic mass is 16.2. The van der Waals surface area contributed by atoms with Gasteiger partial charge in [-0.3, -0.25) is 15.0 Å². The summed E-state index contributed by atoms with van der Waals surface area (Å²) < 4.78 is 2.13. The minimum atomic E-state index is -0.796. The lowest BCUT2D eigenvalue weighted by Gasteiger charge is -2.39. The molecule has 0 aliphatic carbocycles. The summed E-state index contributed by atoms with van der Waals surface area (Å²) in [5, 5.41) is 5.16. The second kappa shape index (κ2) is 5.72. The van der Waals surface area contributed by atoms with E-state index in [4.69, 9.17) is 0 Å². The van der Waals surface area contributed by atoms with Crippen molar-refractivity contribution in [1.82, 2.24) is 25.1 Å². The van der Waals surface area contributed by atoms with E-state index in [-0.39, 0.29) is 17.9 Å². The van der Waals surface area contributed by atoms with E-state index in [1.165, 1.54) is 0 Å². The van der Waals surface area contributed by atoms with Gasteiger partial charge in [-0.15, -0.1) is 0 Å². The van der Waals surface area contributed by atoms with Gasteiger partial charge in [0.1, 0.15) is 11.4 Å². The molecule has 0 saturated carbocycles. The summed E-state index contributed by atoms with van der Waals surface area (Å²) in [4.78, 5) is 30.3. The predicted molar refractivity (Wildman–Crippen MR) is 81.0 cm³/mol. The molecule has 0 unspecified atom stereocenters. The first-order valence-corrected chi connectivity index (χ1v) is 7.89. The third-order valence-corrected chi connectivity index (χ3v) is 4.90. The van der Waals surface area contributed by atoms with Gasteiger partial charge in [-0.25, -0.2) is 9.78 Å². The Labute approximate surface area is 130 Å². The van der Waals surface area contributed by atoms with E-state index in [0.29, 0.717) is 0 Å². The number of nitrogens with zero attached hydrogens (tertiary/aromatic N) is 3. The first-order chi connectivity index (χ1) is 10.5. The largest absolute Gasteiger partial charge is 0.334 e. The zero-order valence-electron chi connectivity index (χ0n) is 13.1. The van der Waals surface area contributed by atoms with Crippen molar-refractivity contribution in [3.63, 3.8) is 0 Å². The van der Waals surface area contributed by atoms with E-state index in [0.717, 1.165) is 44.8 Å². The van der Waals surface area contributed by atoms with Crippen LogP contribution in [0.4, 0.5) is 4.79 Å². The van der Waals surface area contributed by atoms with Gasteiger partial charge in [0.2, 0.25) is 0 Å². The first-order valence-electron chi connectivity index (χ1n) is 7.89. The Hall–Kier alpha value is -1.89. The number of carbonyl (C=O) groups excluding carboxylic acids is 2. The molecule has 7 heteroatoms. The number of hydrogen-bond acceptors (Lipinski definition) is 4. The van der Waals surface area contributed by atoms with Crippen molar-refractivity contribution in [2.45, 2.75) is 45.3 Å². The number of imide groups is 1. The van der Waals surface area contributed by atoms with E-state index < -0.39 is 5.54 Å². The number of aryl methyl sites for hydroxylation is 1. The van der Waals surface area contributed by atoms with Gasteiger partial charge in [0.05, 0.1) is 6.54 Å². The summed E-state index contributed by atoms with van der Waals surface area (Å²) in [5.74, 6) is 0.963. The van der Waals surface area contributed by atoms with Crippen LogP contribution in [0.25, 0.3) is 0 Å². The van der Waals surface area contributed by atoms with Crippen LogP contribution in [0.3, 0.4) is 0 Å². The van der Waals surface area contributed by atoms with Gasteiger partial charge in [0.15, 0.2) is 0 Å². The molecule has 1 aromatic heterocycles. The average Bonchev–Trinajstić information content (AvgIpc) is 3.04. The lowest BCUT2D eigenvalue weighted by molar-refractivity contribution is -0.126. The molecule has 3 heterocycles. The van der Waals surface area contributed by atoms with Gasteiger partial charge < -0.3 is 9.88 Å². The Morgan fingerprint density at radius 1 is 1.45 bits per heavy atom. The minimum absolute atomic E-state index is 0.123. The molecule has 2 N–H and O–H groups in total. The van der Waals surface area contributed by atoms with Crippen LogP contribution in [-0.4, -0.2) is 45.0 Å². The number of likely N-dealkylation sites (tertiary alicyclic amines) is 1. The normalized spacial score (nSPS) is 29.5. The Balaban J connectivity index is 1.69. The van der Waals surface area contributed by atoms with Gasteiger partial charge in [-0.05, 0) is 33.2 Å². The van der Waals surface area contributed by atoms with Crippen molar-refractivity contribution in [3.05, 3.63) is 18.2 Å². The van der Waals surface area contributed by atoms with Crippen LogP contribution in [0, 0.1) is 5.92 Å². The molecule has 2 aliphatic heterocycles. The van der Waals surface area contributed by atoms with Crippen LogP contribution in [0.15, 0.2) is 12.4 Å². The van der Waals surface area contributed by atoms with E-state index in [2.05, 4.69) is 32.0 Å². The molecule has 0 bridgehead atoms. The number of aromatic nitrogens is 2. The molecular weight excluding hydrogens is 282 g/mol. The summed E-state index contributed by atoms with van der Waals surface area (Å²) in [6.45, 7) is 7.41. The molecule has 2 fully saturated rings. The standard InChI is InChI=1S/C15H23N5O2/c1-3-20-8-6-16-12(20)10-19-7-4-5-11(9-19)15(2)13(21)17-14(22)18-15/h6,8,11H,3-5,7,9-10H2,1-2H3,(H2,17,18,21,22)/t11-,15-/m0/s1. The third-order valence-electron chi connectivity index (χ3n) is 4.90. The molecule has 1 aromatic rings. The number of rotatable bonds is 4. The maximum absolute atomic E-state index is 12.1. The van der Waals surface area contributed by atoms with E-state index in [1.807, 2.05) is 19.3 Å². The number of imidazole rings is 1. The molecule has 0 radical (unpaired) electrons. The van der Waals surface area contributed by atoms with Crippen LogP contribution in [0.1, 0.15) is 32.5 Å². The van der Waals surface area contributed by atoms with E-state index in [9.17, 15) is 9.59 Å². The molecule has 2 saturated heterocycles. The zero-order valence-corrected chi connectivity index (χ0v) is 13.1. The number of amides is 3. The van der Waals surface area contributed by atoms with Gasteiger partial charge >= 0.3 is 6.03 Å². The van der Waals surface area contributed by atoms with Gasteiger partial charge in [-0.1, -0.05) is 0 Å². The molecule has 120 valence electrons. The number of urea groups is 1. The SMILES string of the molecule is CCn1ccnc1CN1CCC[C@H]([C@]2(C)NC(=O)NC2=O)C1. The van der Waals surface area contributed by atoms with Crippen molar-refractivity contribution in [2.24, 2.45) is 5.92 Å². The zero-order chi connectivity index (χ0) is 15.7. The highest BCUT2D eigenvalue weighted by molar-refractivity contribution is 6.06. The summed E-state index contributed by atoms with van der Waals surface area (Å²) in [7, 11) is 0. The van der Waals surface area contributed by atoms with Crippen LogP contribution in [0.5, 0.6) is 0 Å². The topological polar surface area (TPSA) is 79.3 Å². The highest BCUT2D eigenvalue weighted by Gasteiger charge is 2.48. The number of hydrogen-bond donors (Lipinski definition) is 2. The quantitative estimate of drug-likeness (QED) is 0.803. The Morgan fingerprint density at radius 2 is 2.27 bits per heavy atom. The molecule has 0 aromatic carbocycles. The molecule has 2 atom stereocenters. The minimum Gasteiger partial charge on any atom is -0.334 e. The average molecular weight is 305 g/mol. The fourth-order valence-corrected chi connectivity index (χ4v) is 3.49. The molecule has 3 amide bonds. The fourth-order valence-electron chi connectivity index (χ4n) is 3.49.